The standard InChI is InChI=1S/C8H7ClN4S/c1-2-3-13-4-10-5-6(13)11-8(9)12-7(5)14/h2,4H,1,3H2,(H,11,12,14). The van der Waals surface area contributed by atoms with Crippen LogP contribution in [0.1, 0.15) is 0 Å². The third-order valence-corrected chi connectivity index (χ3v) is 2.25. The molecule has 0 bridgehead atoms. The van der Waals surface area contributed by atoms with Crippen LogP contribution in [0.4, 0.5) is 0 Å². The molecule has 4 nitrogen and oxygen atoms in total. The van der Waals surface area contributed by atoms with Crippen LogP contribution in [0.3, 0.4) is 0 Å². The van der Waals surface area contributed by atoms with Gasteiger partial charge < -0.3 is 9.55 Å². The molecule has 72 valence electrons. The van der Waals surface area contributed by atoms with Gasteiger partial charge in [-0.2, -0.15) is 0 Å². The lowest BCUT2D eigenvalue weighted by atomic mass is 10.5. The van der Waals surface area contributed by atoms with Crippen LogP contribution < -0.4 is 0 Å². The van der Waals surface area contributed by atoms with Gasteiger partial charge in [-0.1, -0.05) is 18.3 Å². The molecule has 0 saturated carbocycles. The van der Waals surface area contributed by atoms with E-state index in [4.69, 9.17) is 23.8 Å². The molecule has 0 atom stereocenters. The van der Waals surface area contributed by atoms with E-state index in [-0.39, 0.29) is 5.28 Å². The van der Waals surface area contributed by atoms with E-state index in [1.165, 1.54) is 0 Å². The lowest BCUT2D eigenvalue weighted by Gasteiger charge is -1.99. The number of nitrogens with one attached hydrogen (secondary N) is 1. The maximum absolute atomic E-state index is 5.75. The van der Waals surface area contributed by atoms with E-state index in [0.717, 1.165) is 5.65 Å². The van der Waals surface area contributed by atoms with Gasteiger partial charge in [0.05, 0.1) is 6.33 Å². The molecule has 0 saturated heterocycles. The Kier molecular flexibility index (Phi) is 2.35. The summed E-state index contributed by atoms with van der Waals surface area (Å²) in [6.45, 7) is 4.30. The number of fused-ring (bicyclic) bond motifs is 1. The largest absolute Gasteiger partial charge is 0.314 e. The molecule has 0 spiro atoms. The van der Waals surface area contributed by atoms with E-state index in [0.29, 0.717) is 16.7 Å². The summed E-state index contributed by atoms with van der Waals surface area (Å²) in [5.74, 6) is 0. The Bertz CT molecular complexity index is 542. The minimum atomic E-state index is 0.272. The van der Waals surface area contributed by atoms with Crippen molar-refractivity contribution in [3.63, 3.8) is 0 Å². The lowest BCUT2D eigenvalue weighted by molar-refractivity contribution is 0.838. The topological polar surface area (TPSA) is 46.5 Å². The number of imidazole rings is 1. The molecule has 2 aromatic heterocycles. The average Bonchev–Trinajstić information content (AvgIpc) is 2.49. The smallest absolute Gasteiger partial charge is 0.203 e. The lowest BCUT2D eigenvalue weighted by Crippen LogP contribution is -1.95. The molecule has 14 heavy (non-hydrogen) atoms. The third kappa shape index (κ3) is 1.44. The van der Waals surface area contributed by atoms with Crippen LogP contribution in [0.5, 0.6) is 0 Å². The first-order chi connectivity index (χ1) is 6.72. The van der Waals surface area contributed by atoms with Crippen LogP contribution >= 0.6 is 23.8 Å². The minimum absolute atomic E-state index is 0.272. The zero-order valence-corrected chi connectivity index (χ0v) is 8.77. The van der Waals surface area contributed by atoms with Crippen LogP contribution in [0, 0.1) is 4.64 Å². The van der Waals surface area contributed by atoms with E-state index < -0.39 is 0 Å². The predicted molar refractivity (Wildman–Crippen MR) is 57.9 cm³/mol. The number of aromatic nitrogens is 4. The van der Waals surface area contributed by atoms with Crippen molar-refractivity contribution in [1.29, 1.82) is 0 Å². The van der Waals surface area contributed by atoms with Crippen molar-refractivity contribution < 1.29 is 0 Å². The summed E-state index contributed by atoms with van der Waals surface area (Å²) in [5.41, 5.74) is 1.43. The van der Waals surface area contributed by atoms with Crippen molar-refractivity contribution in [3.05, 3.63) is 28.9 Å². The number of rotatable bonds is 2. The zero-order valence-electron chi connectivity index (χ0n) is 7.20. The highest BCUT2D eigenvalue weighted by Gasteiger charge is 2.05. The van der Waals surface area contributed by atoms with Gasteiger partial charge >= 0.3 is 0 Å². The van der Waals surface area contributed by atoms with Crippen LogP contribution in [0.15, 0.2) is 19.0 Å². The van der Waals surface area contributed by atoms with Gasteiger partial charge in [0.2, 0.25) is 5.28 Å². The van der Waals surface area contributed by atoms with E-state index in [9.17, 15) is 0 Å². The van der Waals surface area contributed by atoms with Crippen LogP contribution in [0.2, 0.25) is 5.28 Å². The van der Waals surface area contributed by atoms with E-state index in [2.05, 4.69) is 21.5 Å². The Balaban J connectivity index is 2.78. The summed E-state index contributed by atoms with van der Waals surface area (Å²) in [6, 6.07) is 0. The molecule has 0 aliphatic rings. The van der Waals surface area contributed by atoms with Crippen molar-refractivity contribution >= 4 is 35.0 Å². The molecule has 2 rings (SSSR count). The number of allylic oxidation sites excluding steroid dienone is 1. The van der Waals surface area contributed by atoms with Gasteiger partial charge in [0.25, 0.3) is 0 Å². The van der Waals surface area contributed by atoms with Gasteiger partial charge in [-0.3, -0.25) is 0 Å². The highest BCUT2D eigenvalue weighted by molar-refractivity contribution is 7.71. The number of hydrogen-bond acceptors (Lipinski definition) is 3. The van der Waals surface area contributed by atoms with Gasteiger partial charge in [-0.05, 0) is 11.6 Å². The minimum Gasteiger partial charge on any atom is -0.314 e. The Morgan fingerprint density at radius 3 is 3.21 bits per heavy atom. The second kappa shape index (κ2) is 3.51. The maximum Gasteiger partial charge on any atom is 0.203 e. The fourth-order valence-electron chi connectivity index (χ4n) is 1.22. The Hall–Kier alpha value is -1.20. The highest BCUT2D eigenvalue weighted by Crippen LogP contribution is 2.13. The molecule has 6 heteroatoms. The third-order valence-electron chi connectivity index (χ3n) is 1.79. The Morgan fingerprint density at radius 1 is 1.71 bits per heavy atom. The molecule has 0 amide bonds. The van der Waals surface area contributed by atoms with Gasteiger partial charge in [-0.25, -0.2) is 9.97 Å². The number of hydrogen-bond donors (Lipinski definition) is 1. The fraction of sp³-hybridized carbons (Fsp3) is 0.125. The maximum atomic E-state index is 5.75. The fourth-order valence-corrected chi connectivity index (χ4v) is 1.68. The molecule has 0 unspecified atom stereocenters. The molecular formula is C8H7ClN4S. The summed E-state index contributed by atoms with van der Waals surface area (Å²) >= 11 is 10.8. The van der Waals surface area contributed by atoms with Crippen molar-refractivity contribution in [2.45, 2.75) is 6.54 Å². The van der Waals surface area contributed by atoms with Gasteiger partial charge in [0.1, 0.15) is 11.2 Å². The molecule has 0 aromatic carbocycles. The molecular weight excluding hydrogens is 220 g/mol. The van der Waals surface area contributed by atoms with Crippen LogP contribution in [0.25, 0.3) is 11.2 Å². The van der Waals surface area contributed by atoms with Crippen molar-refractivity contribution in [1.82, 2.24) is 19.5 Å². The molecule has 0 radical (unpaired) electrons. The molecule has 1 N–H and O–H groups in total. The number of nitrogens with zero attached hydrogens (tertiary/aromatic N) is 3. The molecule has 0 fully saturated rings. The average molecular weight is 227 g/mol. The first-order valence-electron chi connectivity index (χ1n) is 3.94. The Morgan fingerprint density at radius 2 is 2.50 bits per heavy atom. The van der Waals surface area contributed by atoms with Gasteiger partial charge in [0, 0.05) is 6.54 Å². The van der Waals surface area contributed by atoms with Crippen LogP contribution in [-0.2, 0) is 6.54 Å². The second-order valence-electron chi connectivity index (χ2n) is 2.72. The summed E-state index contributed by atoms with van der Waals surface area (Å²) in [7, 11) is 0. The van der Waals surface area contributed by atoms with E-state index in [1.54, 1.807) is 12.4 Å². The SMILES string of the molecule is C=CCn1cnc2c(=S)nc(Cl)[nH]c21. The summed E-state index contributed by atoms with van der Waals surface area (Å²) < 4.78 is 2.28. The van der Waals surface area contributed by atoms with Gasteiger partial charge in [0.15, 0.2) is 4.64 Å². The van der Waals surface area contributed by atoms with Gasteiger partial charge in [-0.15, -0.1) is 6.58 Å². The van der Waals surface area contributed by atoms with Crippen LogP contribution in [-0.4, -0.2) is 19.5 Å². The predicted octanol–water partition coefficient (Wildman–Crippen LogP) is 2.33. The molecule has 0 aliphatic carbocycles. The monoisotopic (exact) mass is 226 g/mol. The van der Waals surface area contributed by atoms with Crippen molar-refractivity contribution in [2.24, 2.45) is 0 Å². The van der Waals surface area contributed by atoms with E-state index in [1.807, 2.05) is 4.57 Å². The Labute approximate surface area is 90.3 Å². The summed E-state index contributed by atoms with van der Waals surface area (Å²) in [4.78, 5) is 10.9. The first kappa shape index (κ1) is 9.36. The number of halogens is 1. The molecule has 0 aliphatic heterocycles. The summed E-state index contributed by atoms with van der Waals surface area (Å²) in [5, 5.41) is 0.272. The first-order valence-corrected chi connectivity index (χ1v) is 4.72. The normalized spacial score (nSPS) is 10.6. The quantitative estimate of drug-likeness (QED) is 0.486. The number of H-pyrrole nitrogens is 1. The summed E-state index contributed by atoms with van der Waals surface area (Å²) in [6.07, 6.45) is 3.45. The number of aromatic amines is 1. The van der Waals surface area contributed by atoms with E-state index >= 15 is 0 Å². The highest BCUT2D eigenvalue weighted by atomic mass is 35.5. The second-order valence-corrected chi connectivity index (χ2v) is 3.46. The van der Waals surface area contributed by atoms with Crippen molar-refractivity contribution in [2.75, 3.05) is 0 Å². The van der Waals surface area contributed by atoms with Crippen molar-refractivity contribution in [3.8, 4) is 0 Å². The molecule has 2 heterocycles. The zero-order chi connectivity index (χ0) is 10.1. The molecule has 2 aromatic rings.